The van der Waals surface area contributed by atoms with Crippen molar-refractivity contribution in [2.45, 2.75) is 26.7 Å². The van der Waals surface area contributed by atoms with Crippen molar-refractivity contribution >= 4 is 5.71 Å². The van der Waals surface area contributed by atoms with Gasteiger partial charge >= 0.3 is 29.6 Å². The van der Waals surface area contributed by atoms with Gasteiger partial charge in [-0.3, -0.25) is 0 Å². The summed E-state index contributed by atoms with van der Waals surface area (Å²) in [5, 5.41) is 30.2. The number of hydrogen-bond acceptors (Lipinski definition) is 3. The molecule has 0 aromatic rings. The molecule has 1 aliphatic rings. The Morgan fingerprint density at radius 2 is 1.93 bits per heavy atom. The van der Waals surface area contributed by atoms with Crippen LogP contribution in [0.5, 0.6) is 0 Å². The van der Waals surface area contributed by atoms with Gasteiger partial charge in [0.05, 0.1) is 18.9 Å². The Hall–Kier alpha value is -0.0300. The minimum absolute atomic E-state index is 0. The number of nitrogens with zero attached hydrogens (tertiary/aromatic N) is 1. The molecule has 14 heavy (non-hydrogen) atoms. The standard InChI is InChI=1S/C9H14NO3.Na/c1-6-3-8(5-11)9(10(12)13)4-7(6)2;/h8,11H,3-5H2,1-2H3;/q-1;+1/t8-;/m1./s1. The number of aliphatic hydroxyl groups is 1. The van der Waals surface area contributed by atoms with Gasteiger partial charge in [-0.25, -0.2) is 0 Å². The van der Waals surface area contributed by atoms with Crippen LogP contribution in [0.2, 0.25) is 0 Å². The Bertz CT molecular complexity index is 269. The Labute approximate surface area is 106 Å². The molecule has 0 saturated heterocycles. The van der Waals surface area contributed by atoms with E-state index in [9.17, 15) is 10.4 Å². The van der Waals surface area contributed by atoms with Gasteiger partial charge in [0.25, 0.3) is 0 Å². The molecule has 1 rings (SSSR count). The van der Waals surface area contributed by atoms with E-state index in [2.05, 4.69) is 0 Å². The largest absolute Gasteiger partial charge is 1.00 e. The molecule has 4 nitrogen and oxygen atoms in total. The fraction of sp³-hybridized carbons (Fsp3) is 0.667. The molecule has 74 valence electrons. The maximum Gasteiger partial charge on any atom is 1.00 e. The zero-order valence-corrected chi connectivity index (χ0v) is 10.9. The minimum Gasteiger partial charge on any atom is -0.612 e. The number of rotatable bonds is 1. The number of hydrogen-bond donors (Lipinski definition) is 1. The second kappa shape index (κ2) is 5.75. The smallest absolute Gasteiger partial charge is 0.612 e. The molecule has 0 heterocycles. The van der Waals surface area contributed by atoms with E-state index in [1.807, 2.05) is 13.8 Å². The Morgan fingerprint density at radius 1 is 1.36 bits per heavy atom. The van der Waals surface area contributed by atoms with Gasteiger partial charge in [-0.2, -0.15) is 4.90 Å². The van der Waals surface area contributed by atoms with Crippen molar-refractivity contribution in [1.82, 2.24) is 0 Å². The van der Waals surface area contributed by atoms with Crippen molar-refractivity contribution in [1.29, 1.82) is 0 Å². The molecule has 5 heteroatoms. The first kappa shape index (κ1) is 14.0. The molecule has 0 fully saturated rings. The first-order chi connectivity index (χ1) is 6.06. The molecule has 0 unspecified atom stereocenters. The summed E-state index contributed by atoms with van der Waals surface area (Å²) in [6.07, 6.45) is 1.03. The predicted molar refractivity (Wildman–Crippen MR) is 50.2 cm³/mol. The molecule has 1 aliphatic carbocycles. The van der Waals surface area contributed by atoms with Crippen LogP contribution in [0.15, 0.2) is 11.1 Å². The van der Waals surface area contributed by atoms with E-state index in [4.69, 9.17) is 5.11 Å². The molecular formula is C9H14NNaO3. The average molecular weight is 207 g/mol. The maximum atomic E-state index is 10.6. The van der Waals surface area contributed by atoms with Crippen molar-refractivity contribution in [2.24, 2.45) is 5.92 Å². The fourth-order valence-corrected chi connectivity index (χ4v) is 1.61. The molecule has 0 bridgehead atoms. The normalized spacial score (nSPS) is 21.9. The van der Waals surface area contributed by atoms with Gasteiger partial charge < -0.3 is 15.5 Å². The second-order valence-corrected chi connectivity index (χ2v) is 3.57. The van der Waals surface area contributed by atoms with Crippen LogP contribution in [0, 0.1) is 16.3 Å². The van der Waals surface area contributed by atoms with Gasteiger partial charge in [0.15, 0.2) is 5.71 Å². The summed E-state index contributed by atoms with van der Waals surface area (Å²) in [5.74, 6) is -0.279. The van der Waals surface area contributed by atoms with E-state index < -0.39 is 0 Å². The zero-order valence-electron chi connectivity index (χ0n) is 8.91. The Kier molecular flexibility index (Phi) is 5.74. The fourth-order valence-electron chi connectivity index (χ4n) is 1.61. The Morgan fingerprint density at radius 3 is 2.36 bits per heavy atom. The van der Waals surface area contributed by atoms with E-state index in [-0.39, 0.29) is 52.7 Å². The van der Waals surface area contributed by atoms with Crippen LogP contribution >= 0.6 is 0 Å². The third-order valence-electron chi connectivity index (χ3n) is 2.65. The molecule has 0 aromatic heterocycles. The van der Waals surface area contributed by atoms with E-state index >= 15 is 0 Å². The van der Waals surface area contributed by atoms with Crippen molar-refractivity contribution in [3.05, 3.63) is 21.6 Å². The summed E-state index contributed by atoms with van der Waals surface area (Å²) < 4.78 is 0. The van der Waals surface area contributed by atoms with Crippen LogP contribution in [0.25, 0.3) is 0 Å². The molecular weight excluding hydrogens is 193 g/mol. The zero-order chi connectivity index (χ0) is 10.0. The molecule has 0 spiro atoms. The minimum atomic E-state index is -0.350. The van der Waals surface area contributed by atoms with E-state index in [0.717, 1.165) is 5.57 Å². The van der Waals surface area contributed by atoms with Crippen LogP contribution in [-0.4, -0.2) is 22.3 Å². The van der Waals surface area contributed by atoms with Gasteiger partial charge in [0.1, 0.15) is 0 Å². The summed E-state index contributed by atoms with van der Waals surface area (Å²) in [5.41, 5.74) is 2.49. The van der Waals surface area contributed by atoms with Crippen molar-refractivity contribution < 1.29 is 39.6 Å². The molecule has 0 radical (unpaired) electrons. The third kappa shape index (κ3) is 2.98. The summed E-state index contributed by atoms with van der Waals surface area (Å²) >= 11 is 0. The molecule has 1 N–H and O–H groups in total. The van der Waals surface area contributed by atoms with Gasteiger partial charge in [0.2, 0.25) is 0 Å². The quantitative estimate of drug-likeness (QED) is 0.238. The molecule has 0 aromatic carbocycles. The second-order valence-electron chi connectivity index (χ2n) is 3.57. The summed E-state index contributed by atoms with van der Waals surface area (Å²) in [7, 11) is 0. The van der Waals surface area contributed by atoms with Crippen LogP contribution in [0.3, 0.4) is 0 Å². The monoisotopic (exact) mass is 207 g/mol. The van der Waals surface area contributed by atoms with Crippen LogP contribution in [0.4, 0.5) is 0 Å². The summed E-state index contributed by atoms with van der Waals surface area (Å²) in [4.78, 5) is -0.350. The van der Waals surface area contributed by atoms with Crippen LogP contribution in [-0.2, 0) is 0 Å². The Balaban J connectivity index is 0.00000169. The van der Waals surface area contributed by atoms with E-state index in [0.29, 0.717) is 12.8 Å². The molecule has 0 saturated carbocycles. The van der Waals surface area contributed by atoms with Crippen LogP contribution in [0.1, 0.15) is 26.7 Å². The predicted octanol–water partition coefficient (Wildman–Crippen LogP) is -1.82. The average Bonchev–Trinajstić information content (AvgIpc) is 2.08. The SMILES string of the molecule is CC1=C(C)C[C@H](CO)C(=[N+]([O-])[O-])C1.[Na+]. The van der Waals surface area contributed by atoms with Crippen molar-refractivity contribution in [2.75, 3.05) is 6.61 Å². The number of allylic oxidation sites excluding steroid dienone is 2. The van der Waals surface area contributed by atoms with E-state index in [1.165, 1.54) is 5.57 Å². The summed E-state index contributed by atoms with van der Waals surface area (Å²) in [6, 6.07) is 0. The molecule has 0 amide bonds. The van der Waals surface area contributed by atoms with Gasteiger partial charge in [-0.1, -0.05) is 11.1 Å². The maximum absolute atomic E-state index is 10.6. The third-order valence-corrected chi connectivity index (χ3v) is 2.65. The number of aliphatic hydroxyl groups excluding tert-OH is 1. The van der Waals surface area contributed by atoms with Crippen molar-refractivity contribution in [3.63, 3.8) is 0 Å². The van der Waals surface area contributed by atoms with Gasteiger partial charge in [-0.05, 0) is 20.3 Å². The first-order valence-corrected chi connectivity index (χ1v) is 4.32. The molecule has 0 aliphatic heterocycles. The van der Waals surface area contributed by atoms with Crippen molar-refractivity contribution in [3.8, 4) is 0 Å². The topological polar surface area (TPSA) is 69.4 Å². The first-order valence-electron chi connectivity index (χ1n) is 4.32. The van der Waals surface area contributed by atoms with Gasteiger partial charge in [0, 0.05) is 0 Å². The van der Waals surface area contributed by atoms with E-state index in [1.54, 1.807) is 0 Å². The van der Waals surface area contributed by atoms with Crippen LogP contribution < -0.4 is 29.6 Å². The molecule has 1 atom stereocenters. The summed E-state index contributed by atoms with van der Waals surface area (Å²) in [6.45, 7) is 3.75. The van der Waals surface area contributed by atoms with Gasteiger partial charge in [-0.15, -0.1) is 0 Å².